The quantitative estimate of drug-likeness (QED) is 0.632. The van der Waals surface area contributed by atoms with Gasteiger partial charge in [0.15, 0.2) is 5.82 Å². The SMILES string of the molecule is O=[N+]([O-])c1cccc(CNc2cccc(Cl)c2F)c1Br. The molecule has 0 unspecified atom stereocenters. The molecule has 104 valence electrons. The molecule has 0 atom stereocenters. The first-order valence-corrected chi connectivity index (χ1v) is 6.77. The third-order valence-electron chi connectivity index (χ3n) is 2.68. The van der Waals surface area contributed by atoms with Gasteiger partial charge in [-0.3, -0.25) is 10.1 Å². The summed E-state index contributed by atoms with van der Waals surface area (Å²) in [6.45, 7) is 0.236. The van der Waals surface area contributed by atoms with Crippen molar-refractivity contribution in [1.29, 1.82) is 0 Å². The minimum Gasteiger partial charge on any atom is -0.379 e. The second-order valence-electron chi connectivity index (χ2n) is 3.96. The second kappa shape index (κ2) is 6.19. The van der Waals surface area contributed by atoms with E-state index in [0.29, 0.717) is 10.0 Å². The smallest absolute Gasteiger partial charge is 0.283 e. The van der Waals surface area contributed by atoms with E-state index in [1.54, 1.807) is 24.3 Å². The van der Waals surface area contributed by atoms with Crippen molar-refractivity contribution < 1.29 is 9.31 Å². The van der Waals surface area contributed by atoms with Crippen molar-refractivity contribution in [2.45, 2.75) is 6.54 Å². The molecule has 2 aromatic rings. The molecule has 0 saturated carbocycles. The molecular weight excluding hydrogens is 351 g/mol. The molecule has 0 fully saturated rings. The molecule has 0 amide bonds. The fourth-order valence-electron chi connectivity index (χ4n) is 1.67. The third-order valence-corrected chi connectivity index (χ3v) is 3.88. The highest BCUT2D eigenvalue weighted by atomic mass is 79.9. The van der Waals surface area contributed by atoms with Gasteiger partial charge in [-0.05, 0) is 33.6 Å². The number of nitrogens with one attached hydrogen (secondary N) is 1. The molecule has 1 N–H and O–H groups in total. The summed E-state index contributed by atoms with van der Waals surface area (Å²) in [5.41, 5.74) is 0.866. The lowest BCUT2D eigenvalue weighted by molar-refractivity contribution is -0.385. The molecule has 2 rings (SSSR count). The molecule has 0 aliphatic heterocycles. The van der Waals surface area contributed by atoms with Crippen molar-refractivity contribution in [1.82, 2.24) is 0 Å². The van der Waals surface area contributed by atoms with Crippen LogP contribution in [0.2, 0.25) is 5.02 Å². The van der Waals surface area contributed by atoms with Crippen LogP contribution in [0.5, 0.6) is 0 Å². The Morgan fingerprint density at radius 1 is 1.30 bits per heavy atom. The highest BCUT2D eigenvalue weighted by molar-refractivity contribution is 9.10. The Labute approximate surface area is 127 Å². The van der Waals surface area contributed by atoms with Gasteiger partial charge < -0.3 is 5.32 Å². The lowest BCUT2D eigenvalue weighted by atomic mass is 10.2. The zero-order valence-electron chi connectivity index (χ0n) is 10.1. The summed E-state index contributed by atoms with van der Waals surface area (Å²) in [5.74, 6) is -0.546. The van der Waals surface area contributed by atoms with E-state index in [4.69, 9.17) is 11.6 Å². The van der Waals surface area contributed by atoms with Crippen LogP contribution in [-0.2, 0) is 6.54 Å². The highest BCUT2D eigenvalue weighted by Gasteiger charge is 2.15. The van der Waals surface area contributed by atoms with Crippen molar-refractivity contribution in [3.63, 3.8) is 0 Å². The number of rotatable bonds is 4. The fourth-order valence-corrected chi connectivity index (χ4v) is 2.40. The minimum absolute atomic E-state index is 0.0214. The van der Waals surface area contributed by atoms with E-state index in [2.05, 4.69) is 21.2 Å². The van der Waals surface area contributed by atoms with Gasteiger partial charge in [-0.25, -0.2) is 4.39 Å². The zero-order valence-corrected chi connectivity index (χ0v) is 12.4. The maximum absolute atomic E-state index is 13.7. The van der Waals surface area contributed by atoms with Crippen molar-refractivity contribution in [2.24, 2.45) is 0 Å². The number of hydrogen-bond donors (Lipinski definition) is 1. The van der Waals surface area contributed by atoms with Crippen LogP contribution < -0.4 is 5.32 Å². The average molecular weight is 360 g/mol. The summed E-state index contributed by atoms with van der Waals surface area (Å²) in [5, 5.41) is 13.7. The molecule has 0 bridgehead atoms. The van der Waals surface area contributed by atoms with Crippen LogP contribution in [0.3, 0.4) is 0 Å². The topological polar surface area (TPSA) is 55.2 Å². The van der Waals surface area contributed by atoms with Crippen LogP contribution >= 0.6 is 27.5 Å². The Hall–Kier alpha value is -1.66. The molecule has 0 aromatic heterocycles. The van der Waals surface area contributed by atoms with E-state index >= 15 is 0 Å². The Bertz CT molecular complexity index is 667. The predicted molar refractivity (Wildman–Crippen MR) is 79.5 cm³/mol. The van der Waals surface area contributed by atoms with E-state index in [1.807, 2.05) is 0 Å². The van der Waals surface area contributed by atoms with E-state index in [-0.39, 0.29) is 22.9 Å². The van der Waals surface area contributed by atoms with Crippen molar-refractivity contribution >= 4 is 38.9 Å². The highest BCUT2D eigenvalue weighted by Crippen LogP contribution is 2.29. The average Bonchev–Trinajstić information content (AvgIpc) is 2.41. The van der Waals surface area contributed by atoms with Crippen LogP contribution in [0.4, 0.5) is 15.8 Å². The number of halogens is 3. The van der Waals surface area contributed by atoms with E-state index in [0.717, 1.165) is 0 Å². The summed E-state index contributed by atoms with van der Waals surface area (Å²) < 4.78 is 14.1. The summed E-state index contributed by atoms with van der Waals surface area (Å²) in [6, 6.07) is 9.31. The lowest BCUT2D eigenvalue weighted by Gasteiger charge is -2.10. The normalized spacial score (nSPS) is 10.3. The Kier molecular flexibility index (Phi) is 4.57. The maximum Gasteiger partial charge on any atom is 0.283 e. The van der Waals surface area contributed by atoms with Crippen LogP contribution in [0.1, 0.15) is 5.56 Å². The summed E-state index contributed by atoms with van der Waals surface area (Å²) in [7, 11) is 0. The third kappa shape index (κ3) is 3.08. The van der Waals surface area contributed by atoms with Crippen LogP contribution in [0, 0.1) is 15.9 Å². The van der Waals surface area contributed by atoms with Gasteiger partial charge in [-0.2, -0.15) is 0 Å². The van der Waals surface area contributed by atoms with Crippen molar-refractivity contribution in [3.8, 4) is 0 Å². The first-order chi connectivity index (χ1) is 9.50. The standard InChI is InChI=1S/C13H9BrClFN2O2/c14-12-8(3-1-6-11(12)18(19)20)7-17-10-5-2-4-9(15)13(10)16/h1-6,17H,7H2. The van der Waals surface area contributed by atoms with Crippen LogP contribution in [0.15, 0.2) is 40.9 Å². The molecule has 7 heteroatoms. The molecule has 0 saturated heterocycles. The molecule has 0 radical (unpaired) electrons. The predicted octanol–water partition coefficient (Wildman–Crippen LogP) is 4.76. The van der Waals surface area contributed by atoms with E-state index < -0.39 is 10.7 Å². The monoisotopic (exact) mass is 358 g/mol. The Morgan fingerprint density at radius 2 is 2.00 bits per heavy atom. The van der Waals surface area contributed by atoms with Gasteiger partial charge in [0, 0.05) is 12.6 Å². The first-order valence-electron chi connectivity index (χ1n) is 5.60. The Balaban J connectivity index is 2.21. The van der Waals surface area contributed by atoms with Gasteiger partial charge >= 0.3 is 0 Å². The van der Waals surface area contributed by atoms with E-state index in [9.17, 15) is 14.5 Å². The van der Waals surface area contributed by atoms with Gasteiger partial charge in [0.2, 0.25) is 0 Å². The summed E-state index contributed by atoms with van der Waals surface area (Å²) in [4.78, 5) is 10.3. The number of nitro groups is 1. The minimum atomic E-state index is -0.546. The van der Waals surface area contributed by atoms with Gasteiger partial charge in [-0.15, -0.1) is 0 Å². The molecule has 0 heterocycles. The molecule has 0 aliphatic rings. The summed E-state index contributed by atoms with van der Waals surface area (Å²) >= 11 is 8.87. The molecule has 2 aromatic carbocycles. The molecule has 0 spiro atoms. The molecule has 20 heavy (non-hydrogen) atoms. The van der Waals surface area contributed by atoms with Gasteiger partial charge in [0.05, 0.1) is 15.6 Å². The second-order valence-corrected chi connectivity index (χ2v) is 5.16. The number of benzene rings is 2. The molecule has 0 aliphatic carbocycles. The number of nitro benzene ring substituents is 1. The largest absolute Gasteiger partial charge is 0.379 e. The number of nitrogens with zero attached hydrogens (tertiary/aromatic N) is 1. The van der Waals surface area contributed by atoms with Crippen LogP contribution in [-0.4, -0.2) is 4.92 Å². The van der Waals surface area contributed by atoms with Crippen LogP contribution in [0.25, 0.3) is 0 Å². The summed E-state index contributed by atoms with van der Waals surface area (Å²) in [6.07, 6.45) is 0. The Morgan fingerprint density at radius 3 is 2.70 bits per heavy atom. The molecular formula is C13H9BrClFN2O2. The maximum atomic E-state index is 13.7. The molecule has 4 nitrogen and oxygen atoms in total. The van der Waals surface area contributed by atoms with Gasteiger partial charge in [-0.1, -0.05) is 29.8 Å². The first kappa shape index (κ1) is 14.7. The fraction of sp³-hybridized carbons (Fsp3) is 0.0769. The van der Waals surface area contributed by atoms with E-state index in [1.165, 1.54) is 12.1 Å². The van der Waals surface area contributed by atoms with Crippen molar-refractivity contribution in [3.05, 3.63) is 67.4 Å². The lowest BCUT2D eigenvalue weighted by Crippen LogP contribution is -2.03. The van der Waals surface area contributed by atoms with Crippen molar-refractivity contribution in [2.75, 3.05) is 5.32 Å². The van der Waals surface area contributed by atoms with Gasteiger partial charge in [0.25, 0.3) is 5.69 Å². The zero-order chi connectivity index (χ0) is 14.7. The number of anilines is 1. The van der Waals surface area contributed by atoms with Gasteiger partial charge in [0.1, 0.15) is 4.47 Å². The number of hydrogen-bond acceptors (Lipinski definition) is 3.